The summed E-state index contributed by atoms with van der Waals surface area (Å²) in [5.41, 5.74) is 1.93. The Morgan fingerprint density at radius 2 is 2.15 bits per heavy atom. The Morgan fingerprint density at radius 1 is 1.35 bits per heavy atom. The van der Waals surface area contributed by atoms with E-state index in [-0.39, 0.29) is 5.56 Å². The predicted molar refractivity (Wildman–Crippen MR) is 77.5 cm³/mol. The number of rotatable bonds is 3. The Kier molecular flexibility index (Phi) is 3.66. The van der Waals surface area contributed by atoms with Gasteiger partial charge in [0.15, 0.2) is 5.13 Å². The van der Waals surface area contributed by atoms with Crippen LogP contribution in [0.2, 0.25) is 0 Å². The average molecular weight is 290 g/mol. The van der Waals surface area contributed by atoms with Gasteiger partial charge >= 0.3 is 5.97 Å². The van der Waals surface area contributed by atoms with Gasteiger partial charge in [-0.05, 0) is 12.1 Å². The van der Waals surface area contributed by atoms with Gasteiger partial charge in [-0.1, -0.05) is 12.1 Å². The largest absolute Gasteiger partial charge is 0.478 e. The third kappa shape index (κ3) is 2.66. The molecular formula is C14H14N2O3S. The maximum Gasteiger partial charge on any atom is 0.335 e. The minimum absolute atomic E-state index is 0.281. The molecule has 2 aromatic rings. The summed E-state index contributed by atoms with van der Waals surface area (Å²) in [6, 6.07) is 6.86. The summed E-state index contributed by atoms with van der Waals surface area (Å²) in [7, 11) is 0. The number of aromatic nitrogens is 1. The topological polar surface area (TPSA) is 62.7 Å². The summed E-state index contributed by atoms with van der Waals surface area (Å²) >= 11 is 1.58. The van der Waals surface area contributed by atoms with Crippen LogP contribution in [0.4, 0.5) is 5.13 Å². The summed E-state index contributed by atoms with van der Waals surface area (Å²) in [6.07, 6.45) is 0. The molecule has 0 saturated carbocycles. The molecule has 0 atom stereocenters. The molecule has 2 heterocycles. The first-order valence-electron chi connectivity index (χ1n) is 6.36. The minimum atomic E-state index is -0.921. The van der Waals surface area contributed by atoms with E-state index >= 15 is 0 Å². The van der Waals surface area contributed by atoms with Gasteiger partial charge in [-0.2, -0.15) is 0 Å². The molecule has 5 nitrogen and oxygen atoms in total. The molecule has 0 radical (unpaired) electrons. The van der Waals surface area contributed by atoms with Crippen LogP contribution in [-0.2, 0) is 4.74 Å². The average Bonchev–Trinajstić information content (AvgIpc) is 2.98. The molecule has 1 N–H and O–H groups in total. The third-order valence-electron chi connectivity index (χ3n) is 3.18. The van der Waals surface area contributed by atoms with Crippen LogP contribution in [0.25, 0.3) is 11.3 Å². The Hall–Kier alpha value is -1.92. The van der Waals surface area contributed by atoms with Gasteiger partial charge in [-0.3, -0.25) is 0 Å². The fraction of sp³-hybridized carbons (Fsp3) is 0.286. The number of benzene rings is 1. The van der Waals surface area contributed by atoms with Crippen molar-refractivity contribution in [3.8, 4) is 11.3 Å². The highest BCUT2D eigenvalue weighted by atomic mass is 32.1. The zero-order chi connectivity index (χ0) is 13.9. The van der Waals surface area contributed by atoms with Gasteiger partial charge in [-0.25, -0.2) is 9.78 Å². The van der Waals surface area contributed by atoms with E-state index in [1.807, 2.05) is 11.4 Å². The molecule has 6 heteroatoms. The zero-order valence-electron chi connectivity index (χ0n) is 10.8. The van der Waals surface area contributed by atoms with Crippen LogP contribution in [-0.4, -0.2) is 42.4 Å². The summed E-state index contributed by atoms with van der Waals surface area (Å²) in [6.45, 7) is 3.15. The predicted octanol–water partition coefficient (Wildman–Crippen LogP) is 2.34. The van der Waals surface area contributed by atoms with E-state index in [1.165, 1.54) is 0 Å². The monoisotopic (exact) mass is 290 g/mol. The molecule has 0 bridgehead atoms. The van der Waals surface area contributed by atoms with E-state index in [2.05, 4.69) is 9.88 Å². The van der Waals surface area contributed by atoms with Crippen LogP contribution < -0.4 is 4.90 Å². The van der Waals surface area contributed by atoms with Crippen molar-refractivity contribution in [3.63, 3.8) is 0 Å². The standard InChI is InChI=1S/C14H14N2O3S/c17-13(18)11-3-1-2-10(8-11)12-9-20-14(15-12)16-4-6-19-7-5-16/h1-3,8-9H,4-7H2,(H,17,18). The van der Waals surface area contributed by atoms with Crippen LogP contribution in [0.3, 0.4) is 0 Å². The first-order chi connectivity index (χ1) is 9.74. The van der Waals surface area contributed by atoms with Crippen LogP contribution in [0.5, 0.6) is 0 Å². The maximum absolute atomic E-state index is 11.0. The van der Waals surface area contributed by atoms with E-state index < -0.39 is 5.97 Å². The summed E-state index contributed by atoms with van der Waals surface area (Å²) < 4.78 is 5.32. The maximum atomic E-state index is 11.0. The quantitative estimate of drug-likeness (QED) is 0.940. The lowest BCUT2D eigenvalue weighted by Gasteiger charge is -2.26. The Bertz CT molecular complexity index is 620. The van der Waals surface area contributed by atoms with Crippen molar-refractivity contribution in [2.45, 2.75) is 0 Å². The molecule has 20 heavy (non-hydrogen) atoms. The number of morpholine rings is 1. The zero-order valence-corrected chi connectivity index (χ0v) is 11.6. The van der Waals surface area contributed by atoms with E-state index in [0.717, 1.165) is 42.7 Å². The van der Waals surface area contributed by atoms with E-state index in [0.29, 0.717) is 0 Å². The fourth-order valence-corrected chi connectivity index (χ4v) is 3.00. The number of nitrogens with zero attached hydrogens (tertiary/aromatic N) is 2. The highest BCUT2D eigenvalue weighted by molar-refractivity contribution is 7.14. The molecule has 1 aromatic heterocycles. The van der Waals surface area contributed by atoms with Crippen molar-refractivity contribution in [3.05, 3.63) is 35.2 Å². The number of carboxylic acid groups (broad SMARTS) is 1. The van der Waals surface area contributed by atoms with E-state index in [1.54, 1.807) is 29.5 Å². The molecule has 0 aliphatic carbocycles. The first kappa shape index (κ1) is 13.1. The van der Waals surface area contributed by atoms with Crippen molar-refractivity contribution in [1.29, 1.82) is 0 Å². The third-order valence-corrected chi connectivity index (χ3v) is 4.08. The molecule has 1 saturated heterocycles. The highest BCUT2D eigenvalue weighted by Gasteiger charge is 2.15. The molecule has 1 fully saturated rings. The molecule has 1 aliphatic heterocycles. The highest BCUT2D eigenvalue weighted by Crippen LogP contribution is 2.28. The number of hydrogen-bond donors (Lipinski definition) is 1. The molecule has 1 aliphatic rings. The molecule has 104 valence electrons. The molecular weight excluding hydrogens is 276 g/mol. The Balaban J connectivity index is 1.85. The number of carboxylic acids is 1. The second kappa shape index (κ2) is 5.60. The molecule has 0 amide bonds. The number of thiazole rings is 1. The van der Waals surface area contributed by atoms with Gasteiger partial charge < -0.3 is 14.7 Å². The van der Waals surface area contributed by atoms with Crippen LogP contribution in [0, 0.1) is 0 Å². The number of aromatic carboxylic acids is 1. The Morgan fingerprint density at radius 3 is 2.90 bits per heavy atom. The second-order valence-corrected chi connectivity index (χ2v) is 5.34. The van der Waals surface area contributed by atoms with E-state index in [9.17, 15) is 4.79 Å². The van der Waals surface area contributed by atoms with Crippen molar-refractivity contribution in [2.75, 3.05) is 31.2 Å². The SMILES string of the molecule is O=C(O)c1cccc(-c2csc(N3CCOCC3)n2)c1. The van der Waals surface area contributed by atoms with Gasteiger partial charge in [0.1, 0.15) is 0 Å². The van der Waals surface area contributed by atoms with Gasteiger partial charge in [0.25, 0.3) is 0 Å². The number of ether oxygens (including phenoxy) is 1. The number of anilines is 1. The summed E-state index contributed by atoms with van der Waals surface area (Å²) in [5, 5.41) is 12.0. The second-order valence-electron chi connectivity index (χ2n) is 4.50. The molecule has 3 rings (SSSR count). The minimum Gasteiger partial charge on any atom is -0.478 e. The van der Waals surface area contributed by atoms with Crippen molar-refractivity contribution < 1.29 is 14.6 Å². The van der Waals surface area contributed by atoms with Crippen LogP contribution >= 0.6 is 11.3 Å². The van der Waals surface area contributed by atoms with Crippen molar-refractivity contribution >= 4 is 22.4 Å². The van der Waals surface area contributed by atoms with Crippen molar-refractivity contribution in [1.82, 2.24) is 4.98 Å². The smallest absolute Gasteiger partial charge is 0.335 e. The van der Waals surface area contributed by atoms with Crippen LogP contribution in [0.1, 0.15) is 10.4 Å². The Labute approximate surface area is 120 Å². The molecule has 0 spiro atoms. The summed E-state index contributed by atoms with van der Waals surface area (Å²) in [5.74, 6) is -0.921. The van der Waals surface area contributed by atoms with Gasteiger partial charge in [0.05, 0.1) is 24.5 Å². The van der Waals surface area contributed by atoms with Gasteiger partial charge in [-0.15, -0.1) is 11.3 Å². The lowest BCUT2D eigenvalue weighted by atomic mass is 10.1. The van der Waals surface area contributed by atoms with Gasteiger partial charge in [0.2, 0.25) is 0 Å². The van der Waals surface area contributed by atoms with Crippen molar-refractivity contribution in [2.24, 2.45) is 0 Å². The lowest BCUT2D eigenvalue weighted by Crippen LogP contribution is -2.36. The lowest BCUT2D eigenvalue weighted by molar-refractivity contribution is 0.0697. The van der Waals surface area contributed by atoms with E-state index in [4.69, 9.17) is 9.84 Å². The fourth-order valence-electron chi connectivity index (χ4n) is 2.11. The molecule has 0 unspecified atom stereocenters. The first-order valence-corrected chi connectivity index (χ1v) is 7.24. The molecule has 1 aromatic carbocycles. The normalized spacial score (nSPS) is 15.3. The number of carbonyl (C=O) groups is 1. The van der Waals surface area contributed by atoms with Gasteiger partial charge in [0, 0.05) is 24.0 Å². The summed E-state index contributed by atoms with van der Waals surface area (Å²) in [4.78, 5) is 17.8. The van der Waals surface area contributed by atoms with Crippen LogP contribution in [0.15, 0.2) is 29.6 Å². The number of hydrogen-bond acceptors (Lipinski definition) is 5.